The first-order chi connectivity index (χ1) is 14.3. The molecule has 30 heavy (non-hydrogen) atoms. The number of hydrogen-bond acceptors (Lipinski definition) is 5. The zero-order chi connectivity index (χ0) is 21.5. The van der Waals surface area contributed by atoms with E-state index in [2.05, 4.69) is 72.9 Å². The highest BCUT2D eigenvalue weighted by Gasteiger charge is 2.55. The van der Waals surface area contributed by atoms with Gasteiger partial charge in [0.1, 0.15) is 5.60 Å². The number of nitrogens with zero attached hydrogens (tertiary/aromatic N) is 3. The number of likely N-dealkylation sites (tertiary alicyclic amines) is 1. The Hall–Kier alpha value is -1.95. The molecule has 2 N–H and O–H groups in total. The fourth-order valence-electron chi connectivity index (χ4n) is 5.36. The highest BCUT2D eigenvalue weighted by atomic mass is 16.3. The second kappa shape index (κ2) is 7.95. The summed E-state index contributed by atoms with van der Waals surface area (Å²) in [5.41, 5.74) is 2.66. The van der Waals surface area contributed by atoms with E-state index >= 15 is 0 Å². The number of aromatic nitrogens is 1. The summed E-state index contributed by atoms with van der Waals surface area (Å²) in [4.78, 5) is 9.05. The van der Waals surface area contributed by atoms with Crippen molar-refractivity contribution in [1.82, 2.24) is 9.88 Å². The van der Waals surface area contributed by atoms with Gasteiger partial charge in [-0.15, -0.1) is 0 Å². The Morgan fingerprint density at radius 3 is 2.43 bits per heavy atom. The van der Waals surface area contributed by atoms with Gasteiger partial charge in [0, 0.05) is 55.9 Å². The smallest absolute Gasteiger partial charge is 0.124 e. The molecule has 162 valence electrons. The van der Waals surface area contributed by atoms with Crippen molar-refractivity contribution < 1.29 is 10.2 Å². The molecule has 0 aliphatic carbocycles. The third-order valence-electron chi connectivity index (χ3n) is 7.16. The summed E-state index contributed by atoms with van der Waals surface area (Å²) in [5, 5.41) is 21.8. The molecular formula is C25H35N3O2. The van der Waals surface area contributed by atoms with Gasteiger partial charge >= 0.3 is 0 Å². The molecule has 3 heterocycles. The Balaban J connectivity index is 1.75. The number of rotatable bonds is 6. The summed E-state index contributed by atoms with van der Waals surface area (Å²) >= 11 is 0. The molecule has 2 aliphatic heterocycles. The Morgan fingerprint density at radius 2 is 1.87 bits per heavy atom. The highest BCUT2D eigenvalue weighted by Crippen LogP contribution is 2.50. The first-order valence-electron chi connectivity index (χ1n) is 11.1. The minimum absolute atomic E-state index is 0.222. The lowest BCUT2D eigenvalue weighted by Gasteiger charge is -2.56. The van der Waals surface area contributed by atoms with Crippen LogP contribution in [0.2, 0.25) is 0 Å². The van der Waals surface area contributed by atoms with Gasteiger partial charge in [-0.25, -0.2) is 0 Å². The first-order valence-corrected chi connectivity index (χ1v) is 11.1. The van der Waals surface area contributed by atoms with Crippen molar-refractivity contribution in [3.63, 3.8) is 0 Å². The molecule has 0 spiro atoms. The van der Waals surface area contributed by atoms with Crippen LogP contribution in [-0.4, -0.2) is 59.9 Å². The third kappa shape index (κ3) is 3.53. The van der Waals surface area contributed by atoms with E-state index in [1.165, 1.54) is 5.56 Å². The molecule has 2 atom stereocenters. The maximum atomic E-state index is 12.3. The van der Waals surface area contributed by atoms with Gasteiger partial charge in [0.25, 0.3) is 0 Å². The van der Waals surface area contributed by atoms with Crippen molar-refractivity contribution in [2.75, 3.05) is 44.7 Å². The summed E-state index contributed by atoms with van der Waals surface area (Å²) in [6, 6.07) is 10.6. The summed E-state index contributed by atoms with van der Waals surface area (Å²) in [6.45, 7) is 10.2. The number of pyridine rings is 1. The van der Waals surface area contributed by atoms with E-state index in [0.29, 0.717) is 11.8 Å². The summed E-state index contributed by atoms with van der Waals surface area (Å²) < 4.78 is 0. The minimum atomic E-state index is -1.12. The average Bonchev–Trinajstić information content (AvgIpc) is 3.21. The fraction of sp³-hybridized carbons (Fsp3) is 0.560. The zero-order valence-corrected chi connectivity index (χ0v) is 18.7. The van der Waals surface area contributed by atoms with Crippen LogP contribution in [0.5, 0.6) is 0 Å². The van der Waals surface area contributed by atoms with Gasteiger partial charge in [-0.2, -0.15) is 0 Å². The predicted molar refractivity (Wildman–Crippen MR) is 121 cm³/mol. The van der Waals surface area contributed by atoms with Gasteiger partial charge in [-0.1, -0.05) is 45.0 Å². The first kappa shape index (κ1) is 21.3. The monoisotopic (exact) mass is 409 g/mol. The molecule has 0 amide bonds. The molecular weight excluding hydrogens is 374 g/mol. The Bertz CT molecular complexity index is 876. The van der Waals surface area contributed by atoms with E-state index in [-0.39, 0.29) is 12.0 Å². The van der Waals surface area contributed by atoms with Gasteiger partial charge in [0.2, 0.25) is 0 Å². The molecule has 2 aromatic rings. The molecule has 2 saturated heterocycles. The van der Waals surface area contributed by atoms with E-state index in [9.17, 15) is 10.2 Å². The molecule has 2 fully saturated rings. The van der Waals surface area contributed by atoms with Crippen molar-refractivity contribution in [1.29, 1.82) is 0 Å². The molecule has 2 aliphatic rings. The van der Waals surface area contributed by atoms with Gasteiger partial charge in [0.05, 0.1) is 11.9 Å². The van der Waals surface area contributed by atoms with Gasteiger partial charge in [-0.05, 0) is 36.6 Å². The Kier molecular flexibility index (Phi) is 5.64. The standard InChI is InChI=1S/C25H35N3O2/c1-18(2)20-5-7-21(8-6-20)25(30,24(3)16-27(4)17-24)22-11-23(13-26-12-22)28-10-9-19(14-28)15-29/h5-8,11-13,18-19,29-30H,9-10,14-17H2,1-4H3. The summed E-state index contributed by atoms with van der Waals surface area (Å²) in [5.74, 6) is 0.770. The van der Waals surface area contributed by atoms with Crippen molar-refractivity contribution in [3.05, 3.63) is 59.4 Å². The van der Waals surface area contributed by atoms with Crippen LogP contribution in [0, 0.1) is 11.3 Å². The van der Waals surface area contributed by atoms with E-state index in [1.54, 1.807) is 0 Å². The molecule has 5 heteroatoms. The van der Waals surface area contributed by atoms with Crippen molar-refractivity contribution in [2.24, 2.45) is 11.3 Å². The van der Waals surface area contributed by atoms with Crippen LogP contribution in [0.25, 0.3) is 0 Å². The molecule has 4 rings (SSSR count). The van der Waals surface area contributed by atoms with Crippen LogP contribution < -0.4 is 4.90 Å². The van der Waals surface area contributed by atoms with E-state index in [0.717, 1.165) is 49.4 Å². The number of aliphatic hydroxyl groups is 2. The van der Waals surface area contributed by atoms with Gasteiger partial charge in [-0.3, -0.25) is 4.98 Å². The van der Waals surface area contributed by atoms with Crippen LogP contribution in [0.15, 0.2) is 42.7 Å². The average molecular weight is 410 g/mol. The summed E-state index contributed by atoms with van der Waals surface area (Å²) in [7, 11) is 2.10. The van der Waals surface area contributed by atoms with E-state index in [1.807, 2.05) is 12.4 Å². The number of aliphatic hydroxyl groups excluding tert-OH is 1. The topological polar surface area (TPSA) is 59.8 Å². The molecule has 1 aromatic heterocycles. The third-order valence-corrected chi connectivity index (χ3v) is 7.16. The molecule has 0 radical (unpaired) electrons. The lowest BCUT2D eigenvalue weighted by Crippen LogP contribution is -2.63. The Morgan fingerprint density at radius 1 is 1.17 bits per heavy atom. The van der Waals surface area contributed by atoms with Gasteiger partial charge < -0.3 is 20.0 Å². The molecule has 0 saturated carbocycles. The zero-order valence-electron chi connectivity index (χ0n) is 18.7. The van der Waals surface area contributed by atoms with Crippen LogP contribution >= 0.6 is 0 Å². The summed E-state index contributed by atoms with van der Waals surface area (Å²) in [6.07, 6.45) is 4.69. The second-order valence-corrected chi connectivity index (χ2v) is 9.94. The maximum Gasteiger partial charge on any atom is 0.124 e. The Labute approximate surface area is 180 Å². The SMILES string of the molecule is CC(C)c1ccc(C(O)(c2cncc(N3CCC(CO)C3)c2)C2(C)CN(C)C2)cc1. The second-order valence-electron chi connectivity index (χ2n) is 9.94. The van der Waals surface area contributed by atoms with Crippen molar-refractivity contribution in [2.45, 2.75) is 38.7 Å². The lowest BCUT2D eigenvalue weighted by atomic mass is 9.62. The van der Waals surface area contributed by atoms with Crippen molar-refractivity contribution >= 4 is 5.69 Å². The highest BCUT2D eigenvalue weighted by molar-refractivity contribution is 5.51. The molecule has 5 nitrogen and oxygen atoms in total. The van der Waals surface area contributed by atoms with Crippen LogP contribution in [0.4, 0.5) is 5.69 Å². The van der Waals surface area contributed by atoms with Crippen molar-refractivity contribution in [3.8, 4) is 0 Å². The van der Waals surface area contributed by atoms with Crippen LogP contribution in [-0.2, 0) is 5.60 Å². The lowest BCUT2D eigenvalue weighted by molar-refractivity contribution is -0.127. The van der Waals surface area contributed by atoms with Crippen LogP contribution in [0.3, 0.4) is 0 Å². The van der Waals surface area contributed by atoms with E-state index < -0.39 is 5.60 Å². The molecule has 2 unspecified atom stereocenters. The normalized spacial score (nSPS) is 23.4. The van der Waals surface area contributed by atoms with E-state index in [4.69, 9.17) is 0 Å². The quantitative estimate of drug-likeness (QED) is 0.767. The maximum absolute atomic E-state index is 12.3. The molecule has 0 bridgehead atoms. The minimum Gasteiger partial charge on any atom is -0.396 e. The van der Waals surface area contributed by atoms with Crippen LogP contribution in [0.1, 0.15) is 49.8 Å². The number of hydrogen-bond donors (Lipinski definition) is 2. The van der Waals surface area contributed by atoms with Gasteiger partial charge in [0.15, 0.2) is 0 Å². The number of benzene rings is 1. The number of anilines is 1. The largest absolute Gasteiger partial charge is 0.396 e. The fourth-order valence-corrected chi connectivity index (χ4v) is 5.36. The molecule has 1 aromatic carbocycles. The predicted octanol–water partition coefficient (Wildman–Crippen LogP) is 3.21.